The minimum atomic E-state index is 0.0329. The molecule has 2 aromatic carbocycles. The van der Waals surface area contributed by atoms with Gasteiger partial charge in [-0.15, -0.1) is 11.3 Å². The van der Waals surface area contributed by atoms with Crippen LogP contribution in [0.5, 0.6) is 0 Å². The number of fused-ring (bicyclic) bond motifs is 3. The largest absolute Gasteiger partial charge is 0.287 e. The molecule has 0 bridgehead atoms. The fraction of sp³-hybridized carbons (Fsp3) is 0.259. The molecule has 0 atom stereocenters. The molecule has 0 aliphatic carbocycles. The standard InChI is InChI=1S/C27H25N4S3/c1-14-16-9-7-8-10-17(16)20(27(3,4)5)11-18(14)22-23-21(28-13-31(22)6)19(12-32-23)24-30-26-25(34-24)29-15(2)33-26/h7-13H,1-6H3/q+1. The SMILES string of the molecule is Cc1nc2sc(-c3csc4c(-c5cc(C(C)(C)C)c6ccccc6c5C)[n+](C)cnc34)nc2s1. The van der Waals surface area contributed by atoms with Crippen molar-refractivity contribution < 1.29 is 4.57 Å². The molecular weight excluding hydrogens is 477 g/mol. The Labute approximate surface area is 210 Å². The van der Waals surface area contributed by atoms with Gasteiger partial charge in [-0.25, -0.2) is 14.5 Å². The molecule has 170 valence electrons. The van der Waals surface area contributed by atoms with Gasteiger partial charge in [0.05, 0.1) is 17.6 Å². The first kappa shape index (κ1) is 21.8. The van der Waals surface area contributed by atoms with Gasteiger partial charge in [0.1, 0.15) is 9.71 Å². The molecule has 0 saturated heterocycles. The van der Waals surface area contributed by atoms with Crippen molar-refractivity contribution in [1.82, 2.24) is 15.0 Å². The molecule has 0 amide bonds. The first-order valence-electron chi connectivity index (χ1n) is 11.3. The van der Waals surface area contributed by atoms with Crippen LogP contribution in [0.25, 0.3) is 52.5 Å². The molecule has 6 rings (SSSR count). The van der Waals surface area contributed by atoms with Gasteiger partial charge >= 0.3 is 0 Å². The Hall–Kier alpha value is -2.74. The van der Waals surface area contributed by atoms with Gasteiger partial charge in [-0.3, -0.25) is 0 Å². The Kier molecular flexibility index (Phi) is 4.89. The molecule has 0 spiro atoms. The molecule has 0 aliphatic rings. The number of rotatable bonds is 2. The number of hydrogen-bond acceptors (Lipinski definition) is 6. The van der Waals surface area contributed by atoms with Crippen molar-refractivity contribution in [2.24, 2.45) is 7.05 Å². The summed E-state index contributed by atoms with van der Waals surface area (Å²) < 4.78 is 3.36. The lowest BCUT2D eigenvalue weighted by Crippen LogP contribution is -2.31. The van der Waals surface area contributed by atoms with Gasteiger partial charge in [0.25, 0.3) is 6.33 Å². The topological polar surface area (TPSA) is 42.5 Å². The Morgan fingerprint density at radius 2 is 1.65 bits per heavy atom. The summed E-state index contributed by atoms with van der Waals surface area (Å²) in [6, 6.07) is 11.2. The summed E-state index contributed by atoms with van der Waals surface area (Å²) in [5.41, 5.74) is 7.30. The minimum Gasteiger partial charge on any atom is -0.231 e. The van der Waals surface area contributed by atoms with Crippen LogP contribution in [0.2, 0.25) is 0 Å². The molecule has 0 aliphatic heterocycles. The van der Waals surface area contributed by atoms with Crippen LogP contribution in [0, 0.1) is 13.8 Å². The smallest absolute Gasteiger partial charge is 0.231 e. The van der Waals surface area contributed by atoms with E-state index in [0.717, 1.165) is 30.8 Å². The Balaban J connectivity index is 1.63. The monoisotopic (exact) mass is 501 g/mol. The maximum Gasteiger partial charge on any atom is 0.287 e. The van der Waals surface area contributed by atoms with Crippen LogP contribution in [0.4, 0.5) is 0 Å². The zero-order valence-corrected chi connectivity index (χ0v) is 22.5. The summed E-state index contributed by atoms with van der Waals surface area (Å²) in [5.74, 6) is 0. The third-order valence-electron chi connectivity index (χ3n) is 6.38. The van der Waals surface area contributed by atoms with Crippen molar-refractivity contribution >= 4 is 64.7 Å². The van der Waals surface area contributed by atoms with E-state index in [0.29, 0.717) is 0 Å². The summed E-state index contributed by atoms with van der Waals surface area (Å²) in [6.45, 7) is 11.2. The molecule has 0 unspecified atom stereocenters. The number of hydrogen-bond donors (Lipinski definition) is 0. The van der Waals surface area contributed by atoms with E-state index in [4.69, 9.17) is 9.97 Å². The van der Waals surface area contributed by atoms with Crippen molar-refractivity contribution in [3.05, 3.63) is 58.2 Å². The summed E-state index contributed by atoms with van der Waals surface area (Å²) in [6.07, 6.45) is 1.94. The Morgan fingerprint density at radius 3 is 2.38 bits per heavy atom. The van der Waals surface area contributed by atoms with Gasteiger partial charge in [-0.1, -0.05) is 67.7 Å². The maximum absolute atomic E-state index is 4.89. The van der Waals surface area contributed by atoms with Gasteiger partial charge in [-0.2, -0.15) is 0 Å². The lowest BCUT2D eigenvalue weighted by atomic mass is 9.80. The molecule has 0 saturated carbocycles. The highest BCUT2D eigenvalue weighted by Crippen LogP contribution is 2.43. The zero-order chi connectivity index (χ0) is 23.8. The minimum absolute atomic E-state index is 0.0329. The molecule has 0 fully saturated rings. The average Bonchev–Trinajstić information content (AvgIpc) is 3.46. The van der Waals surface area contributed by atoms with E-state index in [-0.39, 0.29) is 5.41 Å². The van der Waals surface area contributed by atoms with Crippen molar-refractivity contribution in [2.45, 2.75) is 40.0 Å². The molecular formula is C27H25N4S3+. The highest BCUT2D eigenvalue weighted by molar-refractivity contribution is 7.28. The quantitative estimate of drug-likeness (QED) is 0.230. The highest BCUT2D eigenvalue weighted by atomic mass is 32.1. The fourth-order valence-electron chi connectivity index (χ4n) is 4.72. The molecule has 4 heterocycles. The molecule has 34 heavy (non-hydrogen) atoms. The Morgan fingerprint density at radius 1 is 0.912 bits per heavy atom. The zero-order valence-electron chi connectivity index (χ0n) is 20.1. The summed E-state index contributed by atoms with van der Waals surface area (Å²) in [7, 11) is 2.10. The summed E-state index contributed by atoms with van der Waals surface area (Å²) in [5, 5.41) is 6.91. The Bertz CT molecular complexity index is 1700. The fourth-order valence-corrected chi connectivity index (χ4v) is 7.84. The van der Waals surface area contributed by atoms with Gasteiger partial charge in [-0.05, 0) is 52.2 Å². The molecule has 0 radical (unpaired) electrons. The lowest BCUT2D eigenvalue weighted by Gasteiger charge is -2.24. The molecule has 0 N–H and O–H groups in total. The number of aryl methyl sites for hydroxylation is 3. The third-order valence-corrected chi connectivity index (χ3v) is 9.34. The predicted octanol–water partition coefficient (Wildman–Crippen LogP) is 7.59. The molecule has 7 heteroatoms. The summed E-state index contributed by atoms with van der Waals surface area (Å²) in [4.78, 5) is 16.4. The first-order valence-corrected chi connectivity index (χ1v) is 13.8. The number of aromatic nitrogens is 4. The van der Waals surface area contributed by atoms with Crippen LogP contribution < -0.4 is 4.57 Å². The van der Waals surface area contributed by atoms with E-state index >= 15 is 0 Å². The predicted molar refractivity (Wildman–Crippen MR) is 146 cm³/mol. The normalized spacial score (nSPS) is 12.4. The highest BCUT2D eigenvalue weighted by Gasteiger charge is 2.27. The van der Waals surface area contributed by atoms with Crippen molar-refractivity contribution in [3.8, 4) is 21.8 Å². The van der Waals surface area contributed by atoms with Crippen molar-refractivity contribution in [1.29, 1.82) is 0 Å². The molecule has 4 nitrogen and oxygen atoms in total. The van der Waals surface area contributed by atoms with E-state index in [9.17, 15) is 0 Å². The third kappa shape index (κ3) is 3.29. The lowest BCUT2D eigenvalue weighted by molar-refractivity contribution is -0.662. The number of benzene rings is 2. The number of nitrogens with zero attached hydrogens (tertiary/aromatic N) is 4. The second-order valence-corrected chi connectivity index (χ2v) is 12.8. The van der Waals surface area contributed by atoms with E-state index in [1.807, 2.05) is 13.3 Å². The number of thiazole rings is 2. The van der Waals surface area contributed by atoms with E-state index in [1.54, 1.807) is 34.0 Å². The van der Waals surface area contributed by atoms with Crippen LogP contribution in [-0.4, -0.2) is 15.0 Å². The van der Waals surface area contributed by atoms with Crippen LogP contribution in [0.1, 0.15) is 36.9 Å². The van der Waals surface area contributed by atoms with Gasteiger partial charge in [0.2, 0.25) is 5.52 Å². The van der Waals surface area contributed by atoms with E-state index in [2.05, 4.69) is 80.0 Å². The van der Waals surface area contributed by atoms with Crippen LogP contribution in [0.3, 0.4) is 0 Å². The van der Waals surface area contributed by atoms with Crippen molar-refractivity contribution in [3.63, 3.8) is 0 Å². The van der Waals surface area contributed by atoms with Crippen LogP contribution >= 0.6 is 34.0 Å². The van der Waals surface area contributed by atoms with E-state index < -0.39 is 0 Å². The van der Waals surface area contributed by atoms with Crippen molar-refractivity contribution in [2.75, 3.05) is 0 Å². The second kappa shape index (κ2) is 7.63. The molecule has 6 aromatic rings. The average molecular weight is 502 g/mol. The van der Waals surface area contributed by atoms with Gasteiger partial charge < -0.3 is 0 Å². The van der Waals surface area contributed by atoms with Crippen LogP contribution in [-0.2, 0) is 12.5 Å². The molecule has 4 aromatic heterocycles. The summed E-state index contributed by atoms with van der Waals surface area (Å²) >= 11 is 5.06. The second-order valence-electron chi connectivity index (χ2n) is 9.79. The van der Waals surface area contributed by atoms with Crippen LogP contribution in [0.15, 0.2) is 42.0 Å². The maximum atomic E-state index is 4.89. The first-order chi connectivity index (χ1) is 16.2. The van der Waals surface area contributed by atoms with Gasteiger partial charge in [0, 0.05) is 10.9 Å². The van der Waals surface area contributed by atoms with Gasteiger partial charge in [0.15, 0.2) is 15.4 Å². The van der Waals surface area contributed by atoms with E-state index in [1.165, 1.54) is 37.9 Å². The number of thiophene rings is 1.